The van der Waals surface area contributed by atoms with Crippen molar-refractivity contribution in [3.8, 4) is 11.5 Å². The molecule has 1 N–H and O–H groups in total. The Morgan fingerprint density at radius 1 is 0.905 bits per heavy atom. The van der Waals surface area contributed by atoms with Crippen LogP contribution in [0.25, 0.3) is 10.8 Å². The second kappa shape index (κ2) is 5.58. The van der Waals surface area contributed by atoms with E-state index in [1.807, 2.05) is 42.5 Å². The fraction of sp³-hybridized carbons (Fsp3) is 0. The predicted molar refractivity (Wildman–Crippen MR) is 85.1 cm³/mol. The highest BCUT2D eigenvalue weighted by molar-refractivity contribution is 9.10. The van der Waals surface area contributed by atoms with Gasteiger partial charge in [0.25, 0.3) is 0 Å². The molecule has 3 rings (SSSR count). The van der Waals surface area contributed by atoms with Crippen molar-refractivity contribution >= 4 is 32.7 Å². The van der Waals surface area contributed by atoms with Crippen molar-refractivity contribution in [2.75, 3.05) is 0 Å². The van der Waals surface area contributed by atoms with E-state index >= 15 is 0 Å². The van der Waals surface area contributed by atoms with Crippen LogP contribution in [0.3, 0.4) is 0 Å². The van der Waals surface area contributed by atoms with Gasteiger partial charge >= 0.3 is 5.97 Å². The first-order valence-corrected chi connectivity index (χ1v) is 7.13. The molecule has 0 atom stereocenters. The van der Waals surface area contributed by atoms with Crippen LogP contribution in [0.2, 0.25) is 0 Å². The maximum atomic E-state index is 11.4. The van der Waals surface area contributed by atoms with Crippen LogP contribution in [-0.2, 0) is 0 Å². The summed E-state index contributed by atoms with van der Waals surface area (Å²) in [6.45, 7) is 0. The van der Waals surface area contributed by atoms with Crippen molar-refractivity contribution in [2.45, 2.75) is 0 Å². The highest BCUT2D eigenvalue weighted by Crippen LogP contribution is 2.34. The van der Waals surface area contributed by atoms with Crippen molar-refractivity contribution in [3.05, 3.63) is 70.7 Å². The monoisotopic (exact) mass is 342 g/mol. The van der Waals surface area contributed by atoms with Crippen LogP contribution in [0.4, 0.5) is 0 Å². The van der Waals surface area contributed by atoms with Gasteiger partial charge in [-0.05, 0) is 39.5 Å². The van der Waals surface area contributed by atoms with E-state index < -0.39 is 5.97 Å². The van der Waals surface area contributed by atoms with E-state index in [1.54, 1.807) is 18.2 Å². The van der Waals surface area contributed by atoms with E-state index in [-0.39, 0.29) is 5.56 Å². The minimum Gasteiger partial charge on any atom is -0.478 e. The van der Waals surface area contributed by atoms with Crippen LogP contribution in [0, 0.1) is 0 Å². The molecule has 0 heterocycles. The molecule has 3 aromatic carbocycles. The Bertz CT molecular complexity index is 822. The second-order valence-corrected chi connectivity index (χ2v) is 5.35. The van der Waals surface area contributed by atoms with Crippen molar-refractivity contribution in [3.63, 3.8) is 0 Å². The van der Waals surface area contributed by atoms with Crippen LogP contribution in [-0.4, -0.2) is 11.1 Å². The second-order valence-electron chi connectivity index (χ2n) is 4.50. The Balaban J connectivity index is 2.12. The molecule has 0 amide bonds. The Labute approximate surface area is 129 Å². The van der Waals surface area contributed by atoms with Crippen LogP contribution < -0.4 is 4.74 Å². The molecule has 0 bridgehead atoms. The third-order valence-electron chi connectivity index (χ3n) is 3.16. The Morgan fingerprint density at radius 3 is 2.38 bits per heavy atom. The van der Waals surface area contributed by atoms with Crippen LogP contribution in [0.5, 0.6) is 11.5 Å². The van der Waals surface area contributed by atoms with E-state index in [9.17, 15) is 9.90 Å². The molecule has 21 heavy (non-hydrogen) atoms. The highest BCUT2D eigenvalue weighted by atomic mass is 79.9. The van der Waals surface area contributed by atoms with E-state index in [2.05, 4.69) is 15.9 Å². The van der Waals surface area contributed by atoms with Gasteiger partial charge in [0.15, 0.2) is 0 Å². The van der Waals surface area contributed by atoms with Gasteiger partial charge in [0, 0.05) is 9.86 Å². The zero-order chi connectivity index (χ0) is 14.8. The standard InChI is InChI=1S/C17H11BrO3/c18-13-8-4-10-15(16(13)17(19)20)21-14-9-3-6-11-5-1-2-7-12(11)14/h1-10H,(H,19,20). The molecule has 0 aliphatic rings. The van der Waals surface area contributed by atoms with E-state index in [0.29, 0.717) is 16.0 Å². The first kappa shape index (κ1) is 13.6. The lowest BCUT2D eigenvalue weighted by molar-refractivity contribution is 0.0693. The number of carbonyl (C=O) groups is 1. The summed E-state index contributed by atoms with van der Waals surface area (Å²) in [7, 11) is 0. The highest BCUT2D eigenvalue weighted by Gasteiger charge is 2.16. The normalized spacial score (nSPS) is 10.5. The number of aromatic carboxylic acids is 1. The molecule has 0 aromatic heterocycles. The summed E-state index contributed by atoms with van der Waals surface area (Å²) >= 11 is 3.25. The molecule has 104 valence electrons. The molecule has 3 nitrogen and oxygen atoms in total. The molecule has 0 aliphatic carbocycles. The van der Waals surface area contributed by atoms with Crippen molar-refractivity contribution in [1.82, 2.24) is 0 Å². The van der Waals surface area contributed by atoms with Crippen molar-refractivity contribution < 1.29 is 14.6 Å². The zero-order valence-electron chi connectivity index (χ0n) is 10.9. The number of carboxylic acid groups (broad SMARTS) is 1. The zero-order valence-corrected chi connectivity index (χ0v) is 12.5. The summed E-state index contributed by atoms with van der Waals surface area (Å²) < 4.78 is 6.35. The van der Waals surface area contributed by atoms with Gasteiger partial charge in [-0.3, -0.25) is 0 Å². The predicted octanol–water partition coefficient (Wildman–Crippen LogP) is 5.09. The topological polar surface area (TPSA) is 46.5 Å². The molecule has 4 heteroatoms. The summed E-state index contributed by atoms with van der Waals surface area (Å²) in [5.41, 5.74) is 0.116. The quantitative estimate of drug-likeness (QED) is 0.720. The molecule has 0 fully saturated rings. The van der Waals surface area contributed by atoms with Crippen molar-refractivity contribution in [2.24, 2.45) is 0 Å². The third kappa shape index (κ3) is 2.62. The average Bonchev–Trinajstić information content (AvgIpc) is 2.47. The van der Waals surface area contributed by atoms with Gasteiger partial charge in [-0.1, -0.05) is 42.5 Å². The van der Waals surface area contributed by atoms with Crippen LogP contribution >= 0.6 is 15.9 Å². The average molecular weight is 343 g/mol. The number of fused-ring (bicyclic) bond motifs is 1. The number of benzene rings is 3. The van der Waals surface area contributed by atoms with E-state index in [1.165, 1.54) is 0 Å². The fourth-order valence-corrected chi connectivity index (χ4v) is 2.72. The number of hydrogen-bond acceptors (Lipinski definition) is 2. The van der Waals surface area contributed by atoms with Gasteiger partial charge in [0.2, 0.25) is 0 Å². The Morgan fingerprint density at radius 2 is 1.57 bits per heavy atom. The lowest BCUT2D eigenvalue weighted by atomic mass is 10.1. The summed E-state index contributed by atoms with van der Waals surface area (Å²) in [6.07, 6.45) is 0. The molecule has 0 unspecified atom stereocenters. The largest absolute Gasteiger partial charge is 0.478 e. The molecular weight excluding hydrogens is 332 g/mol. The minimum absolute atomic E-state index is 0.116. The van der Waals surface area contributed by atoms with Gasteiger partial charge < -0.3 is 9.84 Å². The molecule has 0 saturated carbocycles. The van der Waals surface area contributed by atoms with Crippen molar-refractivity contribution in [1.29, 1.82) is 0 Å². The summed E-state index contributed by atoms with van der Waals surface area (Å²) in [6, 6.07) is 18.6. The molecular formula is C17H11BrO3. The number of ether oxygens (including phenoxy) is 1. The SMILES string of the molecule is O=C(O)c1c(Br)cccc1Oc1cccc2ccccc12. The number of rotatable bonds is 3. The van der Waals surface area contributed by atoms with Gasteiger partial charge in [-0.15, -0.1) is 0 Å². The van der Waals surface area contributed by atoms with Gasteiger partial charge in [0.1, 0.15) is 17.1 Å². The first-order chi connectivity index (χ1) is 10.2. The smallest absolute Gasteiger partial charge is 0.340 e. The van der Waals surface area contributed by atoms with Gasteiger partial charge in [-0.25, -0.2) is 4.79 Å². The molecule has 0 saturated heterocycles. The lowest BCUT2D eigenvalue weighted by Gasteiger charge is -2.12. The van der Waals surface area contributed by atoms with Crippen LogP contribution in [0.1, 0.15) is 10.4 Å². The summed E-state index contributed by atoms with van der Waals surface area (Å²) in [5.74, 6) is -0.0837. The summed E-state index contributed by atoms with van der Waals surface area (Å²) in [4.78, 5) is 11.4. The van der Waals surface area contributed by atoms with Gasteiger partial charge in [-0.2, -0.15) is 0 Å². The Kier molecular flexibility index (Phi) is 3.62. The van der Waals surface area contributed by atoms with Gasteiger partial charge in [0.05, 0.1) is 0 Å². The van der Waals surface area contributed by atoms with E-state index in [0.717, 1.165) is 10.8 Å². The molecule has 0 aliphatic heterocycles. The number of carboxylic acids is 1. The number of hydrogen-bond donors (Lipinski definition) is 1. The third-order valence-corrected chi connectivity index (χ3v) is 3.82. The fourth-order valence-electron chi connectivity index (χ4n) is 2.20. The first-order valence-electron chi connectivity index (χ1n) is 6.34. The molecule has 0 spiro atoms. The van der Waals surface area contributed by atoms with Crippen LogP contribution in [0.15, 0.2) is 65.1 Å². The lowest BCUT2D eigenvalue weighted by Crippen LogP contribution is -2.01. The van der Waals surface area contributed by atoms with E-state index in [4.69, 9.17) is 4.74 Å². The Hall–Kier alpha value is -2.33. The summed E-state index contributed by atoms with van der Waals surface area (Å²) in [5, 5.41) is 11.3. The maximum Gasteiger partial charge on any atom is 0.340 e. The maximum absolute atomic E-state index is 11.4. The molecule has 0 radical (unpaired) electrons. The number of halogens is 1. The molecule has 3 aromatic rings. The minimum atomic E-state index is -1.03.